The molecule has 0 aromatic carbocycles. The Kier molecular flexibility index (Phi) is 6.00. The minimum atomic E-state index is -0.612. The Bertz CT molecular complexity index is 189. The first-order valence-corrected chi connectivity index (χ1v) is 4.96. The molecule has 0 saturated heterocycles. The first-order valence-electron chi connectivity index (χ1n) is 4.96. The average molecular weight is 200 g/mol. The van der Waals surface area contributed by atoms with E-state index in [2.05, 4.69) is 6.92 Å². The molecule has 0 aliphatic carbocycles. The molecule has 0 amide bonds. The van der Waals surface area contributed by atoms with Gasteiger partial charge in [-0.15, -0.1) is 0 Å². The van der Waals surface area contributed by atoms with Gasteiger partial charge >= 0.3 is 6.16 Å². The van der Waals surface area contributed by atoms with Crippen molar-refractivity contribution in [2.75, 3.05) is 6.61 Å². The maximum Gasteiger partial charge on any atom is 0.509 e. The molecule has 3 nitrogen and oxygen atoms in total. The topological polar surface area (TPSA) is 35.5 Å². The van der Waals surface area contributed by atoms with E-state index >= 15 is 0 Å². The number of rotatable bonds is 4. The minimum Gasteiger partial charge on any atom is -0.430 e. The lowest BCUT2D eigenvalue weighted by Crippen LogP contribution is -2.24. The summed E-state index contributed by atoms with van der Waals surface area (Å²) in [6.07, 6.45) is 5.32. The van der Waals surface area contributed by atoms with E-state index in [9.17, 15) is 4.79 Å². The van der Waals surface area contributed by atoms with Gasteiger partial charge in [0, 0.05) is 0 Å². The monoisotopic (exact) mass is 200 g/mol. The third-order valence-electron chi connectivity index (χ3n) is 1.31. The van der Waals surface area contributed by atoms with Gasteiger partial charge in [0.05, 0.1) is 0 Å². The van der Waals surface area contributed by atoms with E-state index in [1.807, 2.05) is 12.2 Å². The lowest BCUT2D eigenvalue weighted by atomic mass is 10.2. The molecule has 0 aromatic heterocycles. The van der Waals surface area contributed by atoms with Crippen molar-refractivity contribution in [2.45, 2.75) is 46.1 Å². The molecule has 3 heteroatoms. The maximum atomic E-state index is 11.0. The molecule has 0 fully saturated rings. The van der Waals surface area contributed by atoms with Gasteiger partial charge in [0.25, 0.3) is 0 Å². The van der Waals surface area contributed by atoms with E-state index < -0.39 is 11.8 Å². The summed E-state index contributed by atoms with van der Waals surface area (Å²) < 4.78 is 9.77. The van der Waals surface area contributed by atoms with Crippen LogP contribution in [-0.4, -0.2) is 18.4 Å². The second kappa shape index (κ2) is 6.46. The summed E-state index contributed by atoms with van der Waals surface area (Å²) in [5, 5.41) is 0. The molecule has 14 heavy (non-hydrogen) atoms. The summed E-state index contributed by atoms with van der Waals surface area (Å²) in [7, 11) is 0. The largest absolute Gasteiger partial charge is 0.509 e. The van der Waals surface area contributed by atoms with Gasteiger partial charge in [0.2, 0.25) is 0 Å². The quantitative estimate of drug-likeness (QED) is 0.516. The number of ether oxygens (including phenoxy) is 2. The van der Waals surface area contributed by atoms with Gasteiger partial charge in [0.1, 0.15) is 12.2 Å². The van der Waals surface area contributed by atoms with Gasteiger partial charge in [-0.05, 0) is 27.2 Å². The first-order chi connectivity index (χ1) is 6.45. The van der Waals surface area contributed by atoms with Crippen molar-refractivity contribution in [3.8, 4) is 0 Å². The fraction of sp³-hybridized carbons (Fsp3) is 0.727. The number of unbranched alkanes of at least 4 members (excludes halogenated alkanes) is 1. The Hall–Kier alpha value is -0.990. The second-order valence-corrected chi connectivity index (χ2v) is 4.04. The highest BCUT2D eigenvalue weighted by atomic mass is 16.7. The van der Waals surface area contributed by atoms with Gasteiger partial charge in [0.15, 0.2) is 0 Å². The summed E-state index contributed by atoms with van der Waals surface area (Å²) in [5.74, 6) is 0. The Morgan fingerprint density at radius 2 is 1.93 bits per heavy atom. The summed E-state index contributed by atoms with van der Waals surface area (Å²) in [5.41, 5.74) is -0.482. The third-order valence-corrected chi connectivity index (χ3v) is 1.31. The van der Waals surface area contributed by atoms with Crippen molar-refractivity contribution in [3.05, 3.63) is 12.2 Å². The fourth-order valence-corrected chi connectivity index (χ4v) is 0.748. The molecular formula is C11H20O3. The van der Waals surface area contributed by atoms with Gasteiger partial charge in [-0.2, -0.15) is 0 Å². The van der Waals surface area contributed by atoms with Crippen molar-refractivity contribution < 1.29 is 14.3 Å². The molecule has 0 heterocycles. The maximum absolute atomic E-state index is 11.0. The lowest BCUT2D eigenvalue weighted by molar-refractivity contribution is -0.00242. The molecule has 0 bridgehead atoms. The van der Waals surface area contributed by atoms with Crippen molar-refractivity contribution in [1.29, 1.82) is 0 Å². The zero-order chi connectivity index (χ0) is 11.0. The Morgan fingerprint density at radius 3 is 2.43 bits per heavy atom. The standard InChI is InChI=1S/C11H20O3/c1-5-6-7-8-9-13-10(12)14-11(2,3)4/h7-8H,5-6,9H2,1-4H3/b8-7+. The molecule has 0 radical (unpaired) electrons. The SMILES string of the molecule is CCC/C=C/COC(=O)OC(C)(C)C. The van der Waals surface area contributed by atoms with Crippen molar-refractivity contribution >= 4 is 6.16 Å². The highest BCUT2D eigenvalue weighted by Crippen LogP contribution is 2.07. The van der Waals surface area contributed by atoms with Crippen LogP contribution >= 0.6 is 0 Å². The molecule has 82 valence electrons. The summed E-state index contributed by atoms with van der Waals surface area (Å²) in [6, 6.07) is 0. The molecule has 0 aliphatic rings. The van der Waals surface area contributed by atoms with Crippen LogP contribution in [0.15, 0.2) is 12.2 Å². The number of carbonyl (C=O) groups excluding carboxylic acids is 1. The zero-order valence-corrected chi connectivity index (χ0v) is 9.50. The third kappa shape index (κ3) is 9.10. The van der Waals surface area contributed by atoms with Crippen LogP contribution in [0.25, 0.3) is 0 Å². The molecule has 0 saturated carbocycles. The molecule has 0 rings (SSSR count). The van der Waals surface area contributed by atoms with Crippen LogP contribution in [-0.2, 0) is 9.47 Å². The first kappa shape index (κ1) is 13.0. The number of carbonyl (C=O) groups is 1. The highest BCUT2D eigenvalue weighted by Gasteiger charge is 2.16. The molecule has 0 aromatic rings. The van der Waals surface area contributed by atoms with Gasteiger partial charge in [-0.25, -0.2) is 4.79 Å². The smallest absolute Gasteiger partial charge is 0.430 e. The fourth-order valence-electron chi connectivity index (χ4n) is 0.748. The lowest BCUT2D eigenvalue weighted by Gasteiger charge is -2.18. The normalized spacial score (nSPS) is 11.7. The Balaban J connectivity index is 3.55. The van der Waals surface area contributed by atoms with Crippen LogP contribution in [0.1, 0.15) is 40.5 Å². The zero-order valence-electron chi connectivity index (χ0n) is 9.50. The molecular weight excluding hydrogens is 180 g/mol. The minimum absolute atomic E-state index is 0.287. The number of allylic oxidation sites excluding steroid dienone is 1. The molecule has 0 aliphatic heterocycles. The summed E-state index contributed by atoms with van der Waals surface area (Å²) in [4.78, 5) is 11.0. The number of hydrogen-bond donors (Lipinski definition) is 0. The van der Waals surface area contributed by atoms with E-state index in [4.69, 9.17) is 9.47 Å². The van der Waals surface area contributed by atoms with Crippen LogP contribution < -0.4 is 0 Å². The van der Waals surface area contributed by atoms with Crippen molar-refractivity contribution in [2.24, 2.45) is 0 Å². The van der Waals surface area contributed by atoms with Crippen LogP contribution in [0.2, 0.25) is 0 Å². The predicted molar refractivity (Wildman–Crippen MR) is 56.2 cm³/mol. The predicted octanol–water partition coefficient (Wildman–Crippen LogP) is 3.29. The van der Waals surface area contributed by atoms with Crippen molar-refractivity contribution in [3.63, 3.8) is 0 Å². The van der Waals surface area contributed by atoms with Gasteiger partial charge in [-0.1, -0.05) is 25.5 Å². The van der Waals surface area contributed by atoms with E-state index in [-0.39, 0.29) is 6.61 Å². The van der Waals surface area contributed by atoms with E-state index in [1.54, 1.807) is 20.8 Å². The van der Waals surface area contributed by atoms with E-state index in [0.29, 0.717) is 0 Å². The average Bonchev–Trinajstić information content (AvgIpc) is 2.00. The molecule has 0 spiro atoms. The molecule has 0 N–H and O–H groups in total. The molecule has 0 atom stereocenters. The van der Waals surface area contributed by atoms with Crippen LogP contribution in [0, 0.1) is 0 Å². The van der Waals surface area contributed by atoms with Crippen LogP contribution in [0.3, 0.4) is 0 Å². The summed E-state index contributed by atoms with van der Waals surface area (Å²) in [6.45, 7) is 7.80. The molecule has 0 unspecified atom stereocenters. The highest BCUT2D eigenvalue weighted by molar-refractivity contribution is 5.60. The number of hydrogen-bond acceptors (Lipinski definition) is 3. The van der Waals surface area contributed by atoms with Gasteiger partial charge in [-0.3, -0.25) is 0 Å². The summed E-state index contributed by atoms with van der Waals surface area (Å²) >= 11 is 0. The van der Waals surface area contributed by atoms with E-state index in [0.717, 1.165) is 12.8 Å². The van der Waals surface area contributed by atoms with Crippen LogP contribution in [0.4, 0.5) is 4.79 Å². The van der Waals surface area contributed by atoms with Crippen molar-refractivity contribution in [1.82, 2.24) is 0 Å². The second-order valence-electron chi connectivity index (χ2n) is 4.04. The van der Waals surface area contributed by atoms with Crippen LogP contribution in [0.5, 0.6) is 0 Å². The Labute approximate surface area is 86.1 Å². The van der Waals surface area contributed by atoms with Gasteiger partial charge < -0.3 is 9.47 Å². The Morgan fingerprint density at radius 1 is 1.29 bits per heavy atom. The van der Waals surface area contributed by atoms with E-state index in [1.165, 1.54) is 0 Å².